The highest BCUT2D eigenvalue weighted by Crippen LogP contribution is 2.44. The van der Waals surface area contributed by atoms with Crippen LogP contribution in [0.2, 0.25) is 0 Å². The fourth-order valence-corrected chi connectivity index (χ4v) is 7.62. The molecule has 0 aliphatic rings. The first-order chi connectivity index (χ1) is 20.3. The Balaban J connectivity index is 1.24. The predicted molar refractivity (Wildman–Crippen MR) is 174 cm³/mol. The molecule has 3 aromatic heterocycles. The number of nitrogens with zero attached hydrogens (tertiary/aromatic N) is 1. The van der Waals surface area contributed by atoms with Crippen molar-refractivity contribution in [2.45, 2.75) is 0 Å². The Morgan fingerprint density at radius 2 is 1.12 bits per heavy atom. The summed E-state index contributed by atoms with van der Waals surface area (Å²) in [6.07, 6.45) is 0. The highest BCUT2D eigenvalue weighted by Gasteiger charge is 2.18. The normalized spacial score (nSPS) is 11.9. The van der Waals surface area contributed by atoms with Crippen molar-refractivity contribution in [1.82, 2.24) is 4.57 Å². The zero-order valence-corrected chi connectivity index (χ0v) is 22.9. The third-order valence-electron chi connectivity index (χ3n) is 8.22. The van der Waals surface area contributed by atoms with Crippen molar-refractivity contribution in [1.29, 1.82) is 0 Å². The average molecular weight is 542 g/mol. The molecule has 9 aromatic rings. The number of hydrogen-bond acceptors (Lipinski definition) is 2. The Bertz CT molecular complexity index is 2420. The molecule has 192 valence electrons. The Morgan fingerprint density at radius 1 is 0.488 bits per heavy atom. The van der Waals surface area contributed by atoms with Gasteiger partial charge in [-0.15, -0.1) is 11.3 Å². The molecule has 0 fully saturated rings. The maximum Gasteiger partial charge on any atom is 0.136 e. The lowest BCUT2D eigenvalue weighted by Gasteiger charge is -2.11. The smallest absolute Gasteiger partial charge is 0.136 e. The first kappa shape index (κ1) is 22.7. The van der Waals surface area contributed by atoms with Crippen molar-refractivity contribution in [3.63, 3.8) is 0 Å². The number of hydrogen-bond donors (Lipinski definition) is 0. The van der Waals surface area contributed by atoms with Gasteiger partial charge in [-0.05, 0) is 64.7 Å². The maximum atomic E-state index is 6.22. The molecule has 9 rings (SSSR count). The fourth-order valence-electron chi connectivity index (χ4n) is 6.36. The van der Waals surface area contributed by atoms with Gasteiger partial charge in [0.15, 0.2) is 0 Å². The maximum absolute atomic E-state index is 6.22. The number of furan rings is 1. The highest BCUT2D eigenvalue weighted by molar-refractivity contribution is 7.26. The second-order valence-corrected chi connectivity index (χ2v) is 11.6. The quantitative estimate of drug-likeness (QED) is 0.217. The van der Waals surface area contributed by atoms with E-state index in [2.05, 4.69) is 132 Å². The van der Waals surface area contributed by atoms with Crippen molar-refractivity contribution in [3.05, 3.63) is 140 Å². The largest absolute Gasteiger partial charge is 0.456 e. The van der Waals surface area contributed by atoms with Gasteiger partial charge in [0.05, 0.1) is 15.7 Å². The summed E-state index contributed by atoms with van der Waals surface area (Å²) in [5.41, 5.74) is 10.4. The van der Waals surface area contributed by atoms with E-state index in [0.717, 1.165) is 27.5 Å². The molecule has 0 atom stereocenters. The molecule has 3 heteroatoms. The predicted octanol–water partition coefficient (Wildman–Crippen LogP) is 11.2. The van der Waals surface area contributed by atoms with E-state index < -0.39 is 0 Å². The van der Waals surface area contributed by atoms with Gasteiger partial charge in [-0.2, -0.15) is 0 Å². The third-order valence-corrected chi connectivity index (χ3v) is 9.39. The van der Waals surface area contributed by atoms with Gasteiger partial charge in [0.2, 0.25) is 0 Å². The summed E-state index contributed by atoms with van der Waals surface area (Å²) in [4.78, 5) is 0. The number of thiophene rings is 1. The average Bonchev–Trinajstić information content (AvgIpc) is 3.69. The van der Waals surface area contributed by atoms with Gasteiger partial charge in [-0.3, -0.25) is 0 Å². The number of benzene rings is 6. The summed E-state index contributed by atoms with van der Waals surface area (Å²) in [5, 5.41) is 4.90. The fraction of sp³-hybridized carbons (Fsp3) is 0. The van der Waals surface area contributed by atoms with Crippen molar-refractivity contribution in [2.75, 3.05) is 0 Å². The second-order valence-electron chi connectivity index (χ2n) is 10.5. The van der Waals surface area contributed by atoms with Gasteiger partial charge in [0, 0.05) is 31.9 Å². The minimum atomic E-state index is 0.920. The number of para-hydroxylation sites is 3. The standard InChI is InChI=1S/C38H23NOS/c1-2-10-26(11-3-1)39-33-16-8-6-15-31(33)38-37(39)32-21-19-25(23-36(32)41-38)28-13-5-4-12-27(28)24-18-20-30-29-14-7-9-17-34(29)40-35(30)22-24/h1-23H. The van der Waals surface area contributed by atoms with Crippen molar-refractivity contribution < 1.29 is 4.42 Å². The van der Waals surface area contributed by atoms with E-state index in [0.29, 0.717) is 0 Å². The first-order valence-corrected chi connectivity index (χ1v) is 14.7. The van der Waals surface area contributed by atoms with Gasteiger partial charge in [0.25, 0.3) is 0 Å². The molecule has 0 amide bonds. The zero-order chi connectivity index (χ0) is 26.9. The van der Waals surface area contributed by atoms with Gasteiger partial charge in [-0.25, -0.2) is 0 Å². The van der Waals surface area contributed by atoms with Crippen LogP contribution in [0.1, 0.15) is 0 Å². The minimum Gasteiger partial charge on any atom is -0.456 e. The van der Waals surface area contributed by atoms with Gasteiger partial charge in [-0.1, -0.05) is 97.1 Å². The van der Waals surface area contributed by atoms with Crippen LogP contribution in [0, 0.1) is 0 Å². The molecule has 0 radical (unpaired) electrons. The molecule has 2 nitrogen and oxygen atoms in total. The molecule has 0 N–H and O–H groups in total. The summed E-state index contributed by atoms with van der Waals surface area (Å²) < 4.78 is 11.3. The molecular weight excluding hydrogens is 518 g/mol. The van der Waals surface area contributed by atoms with Gasteiger partial charge >= 0.3 is 0 Å². The molecule has 0 aliphatic heterocycles. The van der Waals surface area contributed by atoms with E-state index in [4.69, 9.17) is 4.42 Å². The minimum absolute atomic E-state index is 0.920. The number of fused-ring (bicyclic) bond motifs is 8. The van der Waals surface area contributed by atoms with Crippen LogP contribution in [0.5, 0.6) is 0 Å². The molecule has 0 unspecified atom stereocenters. The zero-order valence-electron chi connectivity index (χ0n) is 22.0. The molecular formula is C38H23NOS. The third kappa shape index (κ3) is 3.36. The molecule has 0 spiro atoms. The van der Waals surface area contributed by atoms with E-state index in [1.54, 1.807) is 0 Å². The van der Waals surface area contributed by atoms with Crippen LogP contribution >= 0.6 is 11.3 Å². The molecule has 3 heterocycles. The lowest BCUT2D eigenvalue weighted by molar-refractivity contribution is 0.669. The van der Waals surface area contributed by atoms with Crippen LogP contribution in [0.3, 0.4) is 0 Å². The highest BCUT2D eigenvalue weighted by atomic mass is 32.1. The number of aromatic nitrogens is 1. The molecule has 0 saturated carbocycles. The molecule has 6 aromatic carbocycles. The topological polar surface area (TPSA) is 18.1 Å². The van der Waals surface area contributed by atoms with Crippen LogP contribution < -0.4 is 0 Å². The summed E-state index contributed by atoms with van der Waals surface area (Å²) in [6, 6.07) is 49.9. The van der Waals surface area contributed by atoms with Crippen molar-refractivity contribution in [3.8, 4) is 27.9 Å². The Kier molecular flexibility index (Phi) is 4.80. The van der Waals surface area contributed by atoms with Crippen LogP contribution in [0.15, 0.2) is 144 Å². The van der Waals surface area contributed by atoms with E-state index >= 15 is 0 Å². The van der Waals surface area contributed by atoms with E-state index in [9.17, 15) is 0 Å². The van der Waals surface area contributed by atoms with Crippen molar-refractivity contribution >= 4 is 64.5 Å². The van der Waals surface area contributed by atoms with Crippen LogP contribution in [-0.4, -0.2) is 4.57 Å². The lowest BCUT2D eigenvalue weighted by Crippen LogP contribution is -1.92. The first-order valence-electron chi connectivity index (χ1n) is 13.9. The summed E-state index contributed by atoms with van der Waals surface area (Å²) in [5.74, 6) is 0. The Morgan fingerprint density at radius 3 is 1.95 bits per heavy atom. The lowest BCUT2D eigenvalue weighted by atomic mass is 9.94. The van der Waals surface area contributed by atoms with Crippen LogP contribution in [0.4, 0.5) is 0 Å². The van der Waals surface area contributed by atoms with E-state index in [-0.39, 0.29) is 0 Å². The summed E-state index contributed by atoms with van der Waals surface area (Å²) in [7, 11) is 0. The SMILES string of the molecule is c1ccc(-n2c3ccccc3c3sc4cc(-c5ccccc5-c5ccc6c(c5)oc5ccccc56)ccc4c32)cc1. The molecule has 0 bridgehead atoms. The summed E-state index contributed by atoms with van der Waals surface area (Å²) in [6.45, 7) is 0. The second kappa shape index (κ2) is 8.69. The molecule has 0 saturated heterocycles. The van der Waals surface area contributed by atoms with Crippen LogP contribution in [-0.2, 0) is 0 Å². The monoisotopic (exact) mass is 541 g/mol. The Hall–Kier alpha value is -5.12. The molecule has 0 aliphatic carbocycles. The van der Waals surface area contributed by atoms with Gasteiger partial charge < -0.3 is 8.98 Å². The number of rotatable bonds is 3. The van der Waals surface area contributed by atoms with E-state index in [1.807, 2.05) is 23.5 Å². The van der Waals surface area contributed by atoms with Crippen molar-refractivity contribution in [2.24, 2.45) is 0 Å². The van der Waals surface area contributed by atoms with Gasteiger partial charge in [0.1, 0.15) is 11.2 Å². The summed E-state index contributed by atoms with van der Waals surface area (Å²) >= 11 is 1.89. The Labute approximate surface area is 240 Å². The molecule has 41 heavy (non-hydrogen) atoms. The van der Waals surface area contributed by atoms with Crippen LogP contribution in [0.25, 0.3) is 81.1 Å². The van der Waals surface area contributed by atoms with E-state index in [1.165, 1.54) is 53.6 Å².